The number of amides is 1. The van der Waals surface area contributed by atoms with Crippen molar-refractivity contribution in [2.24, 2.45) is 0 Å². The van der Waals surface area contributed by atoms with Gasteiger partial charge in [0.05, 0.1) is 25.7 Å². The Morgan fingerprint density at radius 3 is 2.11 bits per heavy atom. The van der Waals surface area contributed by atoms with Crippen LogP contribution in [-0.2, 0) is 14.8 Å². The van der Waals surface area contributed by atoms with Crippen molar-refractivity contribution in [2.45, 2.75) is 19.9 Å². The average Bonchev–Trinajstić information content (AvgIpc) is 2.63. The van der Waals surface area contributed by atoms with Crippen LogP contribution in [0.3, 0.4) is 0 Å². The summed E-state index contributed by atoms with van der Waals surface area (Å²) in [6.45, 7) is 3.91. The lowest BCUT2D eigenvalue weighted by Gasteiger charge is -2.28. The zero-order valence-corrected chi connectivity index (χ0v) is 16.6. The highest BCUT2D eigenvalue weighted by molar-refractivity contribution is 7.92. The van der Waals surface area contributed by atoms with Gasteiger partial charge in [-0.3, -0.25) is 9.10 Å². The van der Waals surface area contributed by atoms with Gasteiger partial charge in [0.25, 0.3) is 0 Å². The van der Waals surface area contributed by atoms with Gasteiger partial charge in [-0.15, -0.1) is 0 Å². The molecule has 1 atom stereocenters. The van der Waals surface area contributed by atoms with E-state index in [1.807, 2.05) is 6.92 Å². The lowest BCUT2D eigenvalue weighted by Crippen LogP contribution is -2.45. The van der Waals surface area contributed by atoms with E-state index in [0.29, 0.717) is 29.5 Å². The molecule has 0 fully saturated rings. The summed E-state index contributed by atoms with van der Waals surface area (Å²) in [5.41, 5.74) is 0.936. The molecular weight excluding hydrogens is 368 g/mol. The minimum absolute atomic E-state index is 0.387. The standard InChI is InChI=1S/C19H24N2O5S/c1-5-26-18-12-8-16(9-13-18)21(27(4,23)24)14(2)19(22)20-15-6-10-17(25-3)11-7-15/h6-14H,5H2,1-4H3,(H,20,22)/t14-/m0/s1. The molecule has 0 unspecified atom stereocenters. The highest BCUT2D eigenvalue weighted by Gasteiger charge is 2.29. The van der Waals surface area contributed by atoms with Crippen molar-refractivity contribution in [1.82, 2.24) is 0 Å². The maximum atomic E-state index is 12.6. The molecule has 2 aromatic rings. The first-order valence-corrected chi connectivity index (χ1v) is 10.3. The molecule has 1 N–H and O–H groups in total. The Kier molecular flexibility index (Phi) is 6.68. The number of anilines is 2. The SMILES string of the molecule is CCOc1ccc(N([C@@H](C)C(=O)Nc2ccc(OC)cc2)S(C)(=O)=O)cc1. The van der Waals surface area contributed by atoms with E-state index >= 15 is 0 Å². The Morgan fingerprint density at radius 2 is 1.63 bits per heavy atom. The normalized spacial score (nSPS) is 12.1. The van der Waals surface area contributed by atoms with Crippen LogP contribution in [0.4, 0.5) is 11.4 Å². The van der Waals surface area contributed by atoms with E-state index < -0.39 is 22.0 Å². The number of nitrogens with one attached hydrogen (secondary N) is 1. The van der Waals surface area contributed by atoms with Crippen molar-refractivity contribution in [3.63, 3.8) is 0 Å². The summed E-state index contributed by atoms with van der Waals surface area (Å²) < 4.78 is 36.2. The van der Waals surface area contributed by atoms with Crippen molar-refractivity contribution in [2.75, 3.05) is 29.6 Å². The van der Waals surface area contributed by atoms with Gasteiger partial charge in [0.1, 0.15) is 17.5 Å². The minimum Gasteiger partial charge on any atom is -0.497 e. The summed E-state index contributed by atoms with van der Waals surface area (Å²) in [6, 6.07) is 12.4. The molecule has 0 radical (unpaired) electrons. The quantitative estimate of drug-likeness (QED) is 0.747. The number of hydrogen-bond acceptors (Lipinski definition) is 5. The van der Waals surface area contributed by atoms with Gasteiger partial charge in [-0.05, 0) is 62.4 Å². The molecule has 0 saturated heterocycles. The first kappa shape index (κ1) is 20.6. The maximum absolute atomic E-state index is 12.6. The molecular formula is C19H24N2O5S. The molecule has 0 heterocycles. The number of sulfonamides is 1. The fourth-order valence-corrected chi connectivity index (χ4v) is 3.76. The van der Waals surface area contributed by atoms with E-state index in [1.165, 1.54) is 6.92 Å². The number of hydrogen-bond donors (Lipinski definition) is 1. The number of benzene rings is 2. The van der Waals surface area contributed by atoms with Crippen LogP contribution in [0.15, 0.2) is 48.5 Å². The number of methoxy groups -OCH3 is 1. The molecule has 0 aromatic heterocycles. The van der Waals surface area contributed by atoms with Crippen LogP contribution in [0, 0.1) is 0 Å². The van der Waals surface area contributed by atoms with E-state index in [4.69, 9.17) is 9.47 Å². The van der Waals surface area contributed by atoms with E-state index in [9.17, 15) is 13.2 Å². The second kappa shape index (κ2) is 8.77. The van der Waals surface area contributed by atoms with Crippen molar-refractivity contribution < 1.29 is 22.7 Å². The van der Waals surface area contributed by atoms with E-state index in [1.54, 1.807) is 55.6 Å². The van der Waals surface area contributed by atoms with Crippen molar-refractivity contribution in [1.29, 1.82) is 0 Å². The van der Waals surface area contributed by atoms with E-state index in [-0.39, 0.29) is 0 Å². The smallest absolute Gasteiger partial charge is 0.247 e. The molecule has 27 heavy (non-hydrogen) atoms. The molecule has 0 aliphatic heterocycles. The largest absolute Gasteiger partial charge is 0.497 e. The van der Waals surface area contributed by atoms with Crippen LogP contribution in [0.1, 0.15) is 13.8 Å². The third-order valence-electron chi connectivity index (χ3n) is 3.85. The van der Waals surface area contributed by atoms with Crippen LogP contribution in [0.25, 0.3) is 0 Å². The van der Waals surface area contributed by atoms with Crippen molar-refractivity contribution >= 4 is 27.3 Å². The Labute approximate surface area is 160 Å². The number of rotatable bonds is 8. The second-order valence-electron chi connectivity index (χ2n) is 5.88. The van der Waals surface area contributed by atoms with Gasteiger partial charge in [0, 0.05) is 5.69 Å². The molecule has 0 aliphatic carbocycles. The van der Waals surface area contributed by atoms with Gasteiger partial charge in [-0.2, -0.15) is 0 Å². The number of nitrogens with zero attached hydrogens (tertiary/aromatic N) is 1. The topological polar surface area (TPSA) is 84.9 Å². The molecule has 2 rings (SSSR count). The predicted molar refractivity (Wildman–Crippen MR) is 106 cm³/mol. The van der Waals surface area contributed by atoms with Gasteiger partial charge in [-0.1, -0.05) is 0 Å². The Bertz CT molecular complexity index is 864. The van der Waals surface area contributed by atoms with E-state index in [2.05, 4.69) is 5.32 Å². The second-order valence-corrected chi connectivity index (χ2v) is 7.74. The number of carbonyl (C=O) groups excluding carboxylic acids is 1. The molecule has 2 aromatic carbocycles. The Hall–Kier alpha value is -2.74. The summed E-state index contributed by atoms with van der Waals surface area (Å²) in [7, 11) is -2.13. The zero-order chi connectivity index (χ0) is 20.0. The van der Waals surface area contributed by atoms with Gasteiger partial charge >= 0.3 is 0 Å². The molecule has 0 spiro atoms. The van der Waals surface area contributed by atoms with Crippen molar-refractivity contribution in [3.8, 4) is 11.5 Å². The molecule has 8 heteroatoms. The van der Waals surface area contributed by atoms with Gasteiger partial charge in [0.2, 0.25) is 15.9 Å². The van der Waals surface area contributed by atoms with Crippen LogP contribution in [0.5, 0.6) is 11.5 Å². The van der Waals surface area contributed by atoms with Crippen molar-refractivity contribution in [3.05, 3.63) is 48.5 Å². The van der Waals surface area contributed by atoms with Gasteiger partial charge in [0.15, 0.2) is 0 Å². The Balaban J connectivity index is 2.23. The molecule has 0 saturated carbocycles. The molecule has 0 aliphatic rings. The lowest BCUT2D eigenvalue weighted by atomic mass is 10.2. The fraction of sp³-hybridized carbons (Fsp3) is 0.316. The third kappa shape index (κ3) is 5.37. The molecule has 0 bridgehead atoms. The van der Waals surface area contributed by atoms with Crippen LogP contribution >= 0.6 is 0 Å². The fourth-order valence-electron chi connectivity index (χ4n) is 2.59. The summed E-state index contributed by atoms with van der Waals surface area (Å²) in [5.74, 6) is 0.845. The van der Waals surface area contributed by atoms with Gasteiger partial charge < -0.3 is 14.8 Å². The van der Waals surface area contributed by atoms with Gasteiger partial charge in [-0.25, -0.2) is 8.42 Å². The monoisotopic (exact) mass is 392 g/mol. The number of ether oxygens (including phenoxy) is 2. The predicted octanol–water partition coefficient (Wildman–Crippen LogP) is 2.89. The number of carbonyl (C=O) groups is 1. The summed E-state index contributed by atoms with van der Waals surface area (Å²) >= 11 is 0. The minimum atomic E-state index is -3.68. The highest BCUT2D eigenvalue weighted by atomic mass is 32.2. The van der Waals surface area contributed by atoms with Crippen LogP contribution in [-0.4, -0.2) is 40.3 Å². The van der Waals surface area contributed by atoms with Crippen LogP contribution < -0.4 is 19.1 Å². The first-order chi connectivity index (χ1) is 12.8. The lowest BCUT2D eigenvalue weighted by molar-refractivity contribution is -0.116. The highest BCUT2D eigenvalue weighted by Crippen LogP contribution is 2.25. The molecule has 1 amide bonds. The summed E-state index contributed by atoms with van der Waals surface area (Å²) in [5, 5.41) is 2.72. The summed E-state index contributed by atoms with van der Waals surface area (Å²) in [4.78, 5) is 12.6. The van der Waals surface area contributed by atoms with Crippen LogP contribution in [0.2, 0.25) is 0 Å². The first-order valence-electron chi connectivity index (χ1n) is 8.43. The molecule has 146 valence electrons. The average molecular weight is 392 g/mol. The third-order valence-corrected chi connectivity index (χ3v) is 5.09. The summed E-state index contributed by atoms with van der Waals surface area (Å²) in [6.07, 6.45) is 1.07. The van der Waals surface area contributed by atoms with E-state index in [0.717, 1.165) is 10.6 Å². The zero-order valence-electron chi connectivity index (χ0n) is 15.8. The maximum Gasteiger partial charge on any atom is 0.247 e. The Morgan fingerprint density at radius 1 is 1.07 bits per heavy atom. The molecule has 7 nitrogen and oxygen atoms in total.